The average molecular weight is 409 g/mol. The summed E-state index contributed by atoms with van der Waals surface area (Å²) in [7, 11) is 0. The minimum Gasteiger partial charge on any atom is -0.454 e. The van der Waals surface area contributed by atoms with E-state index in [0.717, 1.165) is 29.7 Å². The fourth-order valence-corrected chi connectivity index (χ4v) is 5.35. The Hall–Kier alpha value is -3.77. The van der Waals surface area contributed by atoms with Crippen molar-refractivity contribution in [1.29, 1.82) is 10.5 Å². The zero-order valence-electron chi connectivity index (χ0n) is 16.7. The first-order chi connectivity index (χ1) is 15.2. The van der Waals surface area contributed by atoms with Gasteiger partial charge in [0.1, 0.15) is 0 Å². The van der Waals surface area contributed by atoms with Crippen molar-refractivity contribution in [1.82, 2.24) is 0 Å². The number of nitriles is 2. The van der Waals surface area contributed by atoms with Crippen molar-refractivity contribution in [2.24, 2.45) is 11.3 Å². The van der Waals surface area contributed by atoms with E-state index in [-0.39, 0.29) is 18.5 Å². The van der Waals surface area contributed by atoms with Crippen LogP contribution in [-0.2, 0) is 4.79 Å². The Kier molecular flexibility index (Phi) is 3.70. The van der Waals surface area contributed by atoms with Crippen molar-refractivity contribution in [3.8, 4) is 23.6 Å². The highest BCUT2D eigenvalue weighted by atomic mass is 16.7. The largest absolute Gasteiger partial charge is 0.454 e. The molecule has 2 aromatic carbocycles. The number of anilines is 1. The van der Waals surface area contributed by atoms with Crippen LogP contribution < -0.4 is 14.4 Å². The molecule has 0 aromatic heterocycles. The zero-order valence-corrected chi connectivity index (χ0v) is 16.7. The maximum absolute atomic E-state index is 13.7. The van der Waals surface area contributed by atoms with Gasteiger partial charge in [0.05, 0.1) is 24.2 Å². The predicted octanol–water partition coefficient (Wildman–Crippen LogP) is 3.80. The van der Waals surface area contributed by atoms with Crippen LogP contribution in [0.2, 0.25) is 0 Å². The monoisotopic (exact) mass is 409 g/mol. The fourth-order valence-electron chi connectivity index (χ4n) is 5.35. The molecule has 0 radical (unpaired) electrons. The fraction of sp³-hybridized carbons (Fsp3) is 0.320. The number of rotatable bonds is 3. The molecule has 3 unspecified atom stereocenters. The van der Waals surface area contributed by atoms with Gasteiger partial charge in [-0.25, -0.2) is 0 Å². The quantitative estimate of drug-likeness (QED) is 0.767. The number of nitrogens with zero attached hydrogens (tertiary/aromatic N) is 3. The van der Waals surface area contributed by atoms with Gasteiger partial charge in [0, 0.05) is 17.5 Å². The summed E-state index contributed by atoms with van der Waals surface area (Å²) < 4.78 is 11.0. The molecule has 4 aliphatic rings. The molecule has 0 amide bonds. The van der Waals surface area contributed by atoms with E-state index in [1.165, 1.54) is 0 Å². The third kappa shape index (κ3) is 2.39. The lowest BCUT2D eigenvalue weighted by atomic mass is 9.69. The number of hydrogen-bond acceptors (Lipinski definition) is 6. The van der Waals surface area contributed by atoms with Crippen molar-refractivity contribution in [2.75, 3.05) is 11.7 Å². The smallest absolute Gasteiger partial charge is 0.231 e. The molecule has 1 saturated carbocycles. The van der Waals surface area contributed by atoms with E-state index in [1.54, 1.807) is 6.07 Å². The number of carbonyl (C=O) groups excluding carboxylic acids is 1. The number of fused-ring (bicyclic) bond motifs is 4. The first-order valence-corrected chi connectivity index (χ1v) is 10.5. The molecule has 152 valence electrons. The first-order valence-electron chi connectivity index (χ1n) is 10.5. The third-order valence-electron chi connectivity index (χ3n) is 6.94. The lowest BCUT2D eigenvalue weighted by Gasteiger charge is -2.35. The van der Waals surface area contributed by atoms with Gasteiger partial charge in [0.25, 0.3) is 0 Å². The van der Waals surface area contributed by atoms with Crippen LogP contribution in [0.1, 0.15) is 29.9 Å². The molecule has 1 aliphatic carbocycles. The average Bonchev–Trinajstić information content (AvgIpc) is 3.48. The molecule has 3 heterocycles. The first kappa shape index (κ1) is 18.0. The van der Waals surface area contributed by atoms with Crippen LogP contribution in [0.3, 0.4) is 0 Å². The van der Waals surface area contributed by atoms with Crippen molar-refractivity contribution in [2.45, 2.75) is 30.8 Å². The van der Waals surface area contributed by atoms with Gasteiger partial charge in [0.15, 0.2) is 22.7 Å². The molecule has 2 aromatic rings. The summed E-state index contributed by atoms with van der Waals surface area (Å²) in [5.74, 6) is 0.722. The molecule has 6 nitrogen and oxygen atoms in total. The van der Waals surface area contributed by atoms with Gasteiger partial charge in [0.2, 0.25) is 6.79 Å². The van der Waals surface area contributed by atoms with E-state index in [1.807, 2.05) is 53.5 Å². The maximum atomic E-state index is 13.7. The van der Waals surface area contributed by atoms with Crippen LogP contribution in [0, 0.1) is 34.0 Å². The van der Waals surface area contributed by atoms with Crippen LogP contribution in [0.4, 0.5) is 5.69 Å². The summed E-state index contributed by atoms with van der Waals surface area (Å²) in [6, 6.07) is 16.9. The molecule has 1 saturated heterocycles. The van der Waals surface area contributed by atoms with E-state index >= 15 is 0 Å². The Morgan fingerprint density at radius 1 is 1.06 bits per heavy atom. The molecule has 31 heavy (non-hydrogen) atoms. The molecule has 6 rings (SSSR count). The highest BCUT2D eigenvalue weighted by molar-refractivity contribution is 5.95. The second kappa shape index (κ2) is 6.36. The molecule has 6 heteroatoms. The van der Waals surface area contributed by atoms with Crippen molar-refractivity contribution >= 4 is 17.5 Å². The molecular weight excluding hydrogens is 390 g/mol. The number of ketones is 1. The zero-order chi connectivity index (χ0) is 21.2. The summed E-state index contributed by atoms with van der Waals surface area (Å²) in [6.07, 6.45) is 5.60. The summed E-state index contributed by atoms with van der Waals surface area (Å²) in [4.78, 5) is 15.7. The van der Waals surface area contributed by atoms with Gasteiger partial charge in [-0.1, -0.05) is 36.4 Å². The Balaban J connectivity index is 1.59. The molecule has 0 N–H and O–H groups in total. The topological polar surface area (TPSA) is 86.4 Å². The Morgan fingerprint density at radius 2 is 1.84 bits per heavy atom. The van der Waals surface area contributed by atoms with E-state index in [0.29, 0.717) is 11.5 Å². The number of Topliss-reactive ketones (excluding diaryl/α,β-unsaturated/α-hetero) is 1. The van der Waals surface area contributed by atoms with Gasteiger partial charge in [-0.05, 0) is 42.2 Å². The molecule has 0 spiro atoms. The number of carbonyl (C=O) groups is 1. The molecule has 3 aliphatic heterocycles. The van der Waals surface area contributed by atoms with Gasteiger partial charge in [-0.3, -0.25) is 4.79 Å². The minimum absolute atomic E-state index is 0.00610. The van der Waals surface area contributed by atoms with E-state index < -0.39 is 23.4 Å². The van der Waals surface area contributed by atoms with Crippen molar-refractivity contribution in [3.05, 3.63) is 59.7 Å². The van der Waals surface area contributed by atoms with Crippen LogP contribution >= 0.6 is 0 Å². The van der Waals surface area contributed by atoms with Gasteiger partial charge >= 0.3 is 0 Å². The third-order valence-corrected chi connectivity index (χ3v) is 6.94. The lowest BCUT2D eigenvalue weighted by Crippen LogP contribution is -2.44. The summed E-state index contributed by atoms with van der Waals surface area (Å²) in [5.41, 5.74) is 1.23. The standard InChI is InChI=1S/C25H19N3O3/c26-12-25(13-27)21-10-8-15-3-1-2-4-18(15)28(21)23(24(29)16-5-6-16)22(25)17-7-9-19-20(11-17)31-14-30-19/h1-4,7-11,16,21-23H,5-6,14H2. The van der Waals surface area contributed by atoms with Crippen LogP contribution in [0.5, 0.6) is 11.5 Å². The van der Waals surface area contributed by atoms with Crippen molar-refractivity contribution < 1.29 is 14.3 Å². The highest BCUT2D eigenvalue weighted by Gasteiger charge is 2.64. The summed E-state index contributed by atoms with van der Waals surface area (Å²) in [5, 5.41) is 20.8. The van der Waals surface area contributed by atoms with Gasteiger partial charge in [-0.15, -0.1) is 0 Å². The normalized spacial score (nSPS) is 26.5. The Labute approximate surface area is 179 Å². The second-order valence-corrected chi connectivity index (χ2v) is 8.57. The predicted molar refractivity (Wildman–Crippen MR) is 112 cm³/mol. The molecule has 2 fully saturated rings. The summed E-state index contributed by atoms with van der Waals surface area (Å²) >= 11 is 0. The lowest BCUT2D eigenvalue weighted by molar-refractivity contribution is -0.121. The van der Waals surface area contributed by atoms with E-state index in [9.17, 15) is 15.3 Å². The highest BCUT2D eigenvalue weighted by Crippen LogP contribution is 2.57. The van der Waals surface area contributed by atoms with Crippen molar-refractivity contribution in [3.63, 3.8) is 0 Å². The van der Waals surface area contributed by atoms with Crippen LogP contribution in [0.25, 0.3) is 6.08 Å². The number of hydrogen-bond donors (Lipinski definition) is 0. The Morgan fingerprint density at radius 3 is 2.61 bits per heavy atom. The van der Waals surface area contributed by atoms with Crippen LogP contribution in [0.15, 0.2) is 48.5 Å². The summed E-state index contributed by atoms with van der Waals surface area (Å²) in [6.45, 7) is 0.139. The Bertz CT molecular complexity index is 1200. The van der Waals surface area contributed by atoms with Crippen LogP contribution in [-0.4, -0.2) is 24.7 Å². The van der Waals surface area contributed by atoms with Gasteiger partial charge in [-0.2, -0.15) is 10.5 Å². The molecular formula is C25H19N3O3. The number of ether oxygens (including phenoxy) is 2. The number of benzene rings is 2. The molecule has 3 atom stereocenters. The molecule has 0 bridgehead atoms. The van der Waals surface area contributed by atoms with Gasteiger partial charge < -0.3 is 14.4 Å². The maximum Gasteiger partial charge on any atom is 0.231 e. The minimum atomic E-state index is -1.41. The van der Waals surface area contributed by atoms with E-state index in [4.69, 9.17) is 9.47 Å². The second-order valence-electron chi connectivity index (χ2n) is 8.57. The SMILES string of the molecule is N#CC1(C#N)C(c2ccc3c(c2)OCO3)C(C(=O)C2CC2)N2c3ccccc3C=CC21. The number of para-hydroxylation sites is 1. The van der Waals surface area contributed by atoms with E-state index in [2.05, 4.69) is 12.1 Å².